The summed E-state index contributed by atoms with van der Waals surface area (Å²) in [7, 11) is 0. The zero-order valence-electron chi connectivity index (χ0n) is 17.2. The standard InChI is InChI=1S/C26H28N4/c1-2-6-23(5-1)17-27-13-15-29(21-27)19-25-9-11-26(12-10-25)20-30-16-14-28(22-30)18-24-7-3-4-8-24/h1-16,21-24H,17-20H2/q+2. The summed E-state index contributed by atoms with van der Waals surface area (Å²) in [6.07, 6.45) is 30.5. The number of benzene rings is 1. The fourth-order valence-corrected chi connectivity index (χ4v) is 4.14. The molecule has 0 unspecified atom stereocenters. The first-order chi connectivity index (χ1) is 14.8. The van der Waals surface area contributed by atoms with E-state index in [1.165, 1.54) is 11.1 Å². The van der Waals surface area contributed by atoms with Crippen LogP contribution in [0.5, 0.6) is 0 Å². The van der Waals surface area contributed by atoms with Gasteiger partial charge in [-0.3, -0.25) is 0 Å². The molecule has 0 fully saturated rings. The highest BCUT2D eigenvalue weighted by Gasteiger charge is 2.12. The molecule has 0 radical (unpaired) electrons. The topological polar surface area (TPSA) is 17.6 Å². The Morgan fingerprint density at radius 1 is 0.600 bits per heavy atom. The number of hydrogen-bond acceptors (Lipinski definition) is 0. The molecule has 30 heavy (non-hydrogen) atoms. The molecule has 0 saturated carbocycles. The van der Waals surface area contributed by atoms with Crippen molar-refractivity contribution in [1.29, 1.82) is 0 Å². The summed E-state index contributed by atoms with van der Waals surface area (Å²) >= 11 is 0. The second kappa shape index (κ2) is 8.54. The molecule has 150 valence electrons. The second-order valence-corrected chi connectivity index (χ2v) is 8.25. The largest absolute Gasteiger partial charge is 0.244 e. The highest BCUT2D eigenvalue weighted by molar-refractivity contribution is 5.21. The van der Waals surface area contributed by atoms with Crippen LogP contribution in [0, 0.1) is 11.8 Å². The minimum atomic E-state index is 0.517. The Kier molecular flexibility index (Phi) is 5.30. The number of imidazole rings is 2. The van der Waals surface area contributed by atoms with Crippen molar-refractivity contribution in [3.8, 4) is 0 Å². The average Bonchev–Trinajstić information content (AvgIpc) is 3.54. The van der Waals surface area contributed by atoms with Crippen LogP contribution in [0.4, 0.5) is 0 Å². The summed E-state index contributed by atoms with van der Waals surface area (Å²) in [5.41, 5.74) is 2.65. The molecule has 0 spiro atoms. The lowest BCUT2D eigenvalue weighted by atomic mass is 10.1. The maximum absolute atomic E-state index is 2.26. The molecular weight excluding hydrogens is 368 g/mol. The third-order valence-corrected chi connectivity index (χ3v) is 5.74. The van der Waals surface area contributed by atoms with E-state index in [0.717, 1.165) is 26.2 Å². The molecule has 4 nitrogen and oxygen atoms in total. The van der Waals surface area contributed by atoms with Crippen LogP contribution in [0.15, 0.2) is 110 Å². The van der Waals surface area contributed by atoms with Crippen molar-refractivity contribution in [3.63, 3.8) is 0 Å². The van der Waals surface area contributed by atoms with E-state index in [1.54, 1.807) is 0 Å². The summed E-state index contributed by atoms with van der Waals surface area (Å²) < 4.78 is 9.02. The van der Waals surface area contributed by atoms with Crippen LogP contribution >= 0.6 is 0 Å². The molecule has 0 amide bonds. The number of rotatable bonds is 8. The van der Waals surface area contributed by atoms with Gasteiger partial charge in [-0.05, 0) is 11.1 Å². The second-order valence-electron chi connectivity index (χ2n) is 8.25. The van der Waals surface area contributed by atoms with Crippen molar-refractivity contribution in [2.24, 2.45) is 11.8 Å². The van der Waals surface area contributed by atoms with Gasteiger partial charge in [0.05, 0.1) is 13.1 Å². The quantitative estimate of drug-likeness (QED) is 0.519. The molecule has 0 atom stereocenters. The van der Waals surface area contributed by atoms with Crippen molar-refractivity contribution < 1.29 is 9.13 Å². The first-order valence-corrected chi connectivity index (χ1v) is 10.7. The van der Waals surface area contributed by atoms with Crippen LogP contribution in [-0.2, 0) is 26.2 Å². The van der Waals surface area contributed by atoms with Gasteiger partial charge in [0.25, 0.3) is 0 Å². The molecule has 2 aliphatic rings. The van der Waals surface area contributed by atoms with E-state index in [2.05, 4.69) is 129 Å². The van der Waals surface area contributed by atoms with Gasteiger partial charge in [0.2, 0.25) is 12.7 Å². The van der Waals surface area contributed by atoms with Gasteiger partial charge in [0.1, 0.15) is 37.9 Å². The Balaban J connectivity index is 1.16. The van der Waals surface area contributed by atoms with Gasteiger partial charge in [0.15, 0.2) is 0 Å². The van der Waals surface area contributed by atoms with Crippen molar-refractivity contribution in [3.05, 3.63) is 121 Å². The zero-order valence-corrected chi connectivity index (χ0v) is 17.2. The van der Waals surface area contributed by atoms with Crippen LogP contribution in [0.2, 0.25) is 0 Å². The lowest BCUT2D eigenvalue weighted by Gasteiger charge is -2.03. The molecule has 5 rings (SSSR count). The third-order valence-electron chi connectivity index (χ3n) is 5.74. The van der Waals surface area contributed by atoms with Crippen LogP contribution in [-0.4, -0.2) is 9.13 Å². The predicted molar refractivity (Wildman–Crippen MR) is 117 cm³/mol. The normalized spacial score (nSPS) is 15.7. The van der Waals surface area contributed by atoms with Gasteiger partial charge in [-0.2, -0.15) is 0 Å². The monoisotopic (exact) mass is 396 g/mol. The van der Waals surface area contributed by atoms with Gasteiger partial charge < -0.3 is 0 Å². The SMILES string of the molecule is C1=CC(Cn2cc[n+](Cc3ccc(C[n+]4ccn(CC5C=CC=C5)c4)cc3)c2)C=C1. The fourth-order valence-electron chi connectivity index (χ4n) is 4.14. The summed E-state index contributed by atoms with van der Waals surface area (Å²) in [5, 5.41) is 0. The molecule has 0 bridgehead atoms. The van der Waals surface area contributed by atoms with Crippen LogP contribution in [0.3, 0.4) is 0 Å². The molecule has 1 aromatic carbocycles. The molecule has 0 saturated heterocycles. The minimum Gasteiger partial charge on any atom is -0.236 e. The molecule has 2 aromatic heterocycles. The Morgan fingerprint density at radius 2 is 1.00 bits per heavy atom. The number of hydrogen-bond donors (Lipinski definition) is 0. The van der Waals surface area contributed by atoms with Gasteiger partial charge in [-0.15, -0.1) is 0 Å². The van der Waals surface area contributed by atoms with Gasteiger partial charge in [0, 0.05) is 11.8 Å². The van der Waals surface area contributed by atoms with E-state index in [-0.39, 0.29) is 0 Å². The maximum atomic E-state index is 2.26. The van der Waals surface area contributed by atoms with E-state index in [4.69, 9.17) is 0 Å². The van der Waals surface area contributed by atoms with Gasteiger partial charge in [-0.1, -0.05) is 72.9 Å². The fraction of sp³-hybridized carbons (Fsp3) is 0.231. The number of allylic oxidation sites excluding steroid dienone is 8. The maximum Gasteiger partial charge on any atom is 0.244 e. The zero-order chi connectivity index (χ0) is 20.2. The van der Waals surface area contributed by atoms with Crippen LogP contribution < -0.4 is 9.13 Å². The molecular formula is C26H28N4+2. The van der Waals surface area contributed by atoms with Crippen LogP contribution in [0.1, 0.15) is 11.1 Å². The van der Waals surface area contributed by atoms with E-state index >= 15 is 0 Å². The molecule has 2 heterocycles. The Morgan fingerprint density at radius 3 is 1.40 bits per heavy atom. The minimum absolute atomic E-state index is 0.517. The van der Waals surface area contributed by atoms with Crippen molar-refractivity contribution in [2.75, 3.05) is 0 Å². The Labute approximate surface area is 178 Å². The van der Waals surface area contributed by atoms with E-state index in [0.29, 0.717) is 11.8 Å². The first kappa shape index (κ1) is 18.6. The number of nitrogens with zero attached hydrogens (tertiary/aromatic N) is 4. The highest BCUT2D eigenvalue weighted by Crippen LogP contribution is 2.12. The molecule has 4 heteroatoms. The smallest absolute Gasteiger partial charge is 0.236 e. The predicted octanol–water partition coefficient (Wildman–Crippen LogP) is 3.45. The molecule has 0 aliphatic heterocycles. The van der Waals surface area contributed by atoms with E-state index in [9.17, 15) is 0 Å². The highest BCUT2D eigenvalue weighted by atomic mass is 15.1. The lowest BCUT2D eigenvalue weighted by molar-refractivity contribution is -0.688. The van der Waals surface area contributed by atoms with Gasteiger partial charge in [-0.25, -0.2) is 18.3 Å². The molecule has 2 aliphatic carbocycles. The first-order valence-electron chi connectivity index (χ1n) is 10.7. The van der Waals surface area contributed by atoms with Crippen molar-refractivity contribution in [1.82, 2.24) is 9.13 Å². The number of aromatic nitrogens is 4. The van der Waals surface area contributed by atoms with Crippen molar-refractivity contribution >= 4 is 0 Å². The third kappa shape index (κ3) is 4.60. The summed E-state index contributed by atoms with van der Waals surface area (Å²) in [4.78, 5) is 0. The average molecular weight is 397 g/mol. The van der Waals surface area contributed by atoms with Gasteiger partial charge >= 0.3 is 0 Å². The van der Waals surface area contributed by atoms with Crippen LogP contribution in [0.25, 0.3) is 0 Å². The summed E-state index contributed by atoms with van der Waals surface area (Å²) in [6.45, 7) is 3.80. The summed E-state index contributed by atoms with van der Waals surface area (Å²) in [5.74, 6) is 1.03. The van der Waals surface area contributed by atoms with E-state index in [1.807, 2.05) is 0 Å². The summed E-state index contributed by atoms with van der Waals surface area (Å²) in [6, 6.07) is 8.98. The van der Waals surface area contributed by atoms with Crippen molar-refractivity contribution in [2.45, 2.75) is 26.2 Å². The van der Waals surface area contributed by atoms with E-state index < -0.39 is 0 Å². The Hall–Kier alpha value is -3.40. The Bertz CT molecular complexity index is 995. The lowest BCUT2D eigenvalue weighted by Crippen LogP contribution is -2.32. The molecule has 3 aromatic rings. The molecule has 0 N–H and O–H groups in total.